The fraction of sp³-hybridized carbons (Fsp3) is 0.650. The van der Waals surface area contributed by atoms with E-state index in [1.807, 2.05) is 23.1 Å². The molecule has 0 aliphatic carbocycles. The molecule has 0 bridgehead atoms. The molecule has 2 unspecified atom stereocenters. The lowest BCUT2D eigenvalue weighted by Crippen LogP contribution is -2.54. The molecular weight excluding hydrogens is 314 g/mol. The van der Waals surface area contributed by atoms with Gasteiger partial charge in [0.1, 0.15) is 11.8 Å². The molecule has 25 heavy (non-hydrogen) atoms. The fourth-order valence-electron chi connectivity index (χ4n) is 3.57. The Labute approximate surface area is 152 Å². The van der Waals surface area contributed by atoms with Gasteiger partial charge in [0.25, 0.3) is 0 Å². The van der Waals surface area contributed by atoms with E-state index < -0.39 is 0 Å². The molecule has 1 aromatic carbocycles. The molecule has 0 radical (unpaired) electrons. The zero-order chi connectivity index (χ0) is 18.2. The van der Waals surface area contributed by atoms with Crippen LogP contribution in [0.25, 0.3) is 0 Å². The minimum atomic E-state index is -0.245. The van der Waals surface area contributed by atoms with Gasteiger partial charge < -0.3 is 15.0 Å². The van der Waals surface area contributed by atoms with Crippen LogP contribution in [0.5, 0.6) is 5.75 Å². The third kappa shape index (κ3) is 4.95. The molecule has 0 spiro atoms. The molecule has 1 aliphatic rings. The average Bonchev–Trinajstić information content (AvgIpc) is 2.63. The number of rotatable bonds is 8. The minimum absolute atomic E-state index is 0.214. The number of amides is 1. The Bertz CT molecular complexity index is 543. The molecule has 2 atom stereocenters. The van der Waals surface area contributed by atoms with Gasteiger partial charge >= 0.3 is 0 Å². The van der Waals surface area contributed by atoms with Crippen molar-refractivity contribution in [3.05, 3.63) is 29.8 Å². The van der Waals surface area contributed by atoms with Gasteiger partial charge in [-0.05, 0) is 37.5 Å². The van der Waals surface area contributed by atoms with E-state index >= 15 is 0 Å². The summed E-state index contributed by atoms with van der Waals surface area (Å²) in [5.74, 6) is 1.02. The number of hydrogen-bond donors (Lipinski definition) is 1. The summed E-state index contributed by atoms with van der Waals surface area (Å²) in [4.78, 5) is 17.9. The Morgan fingerprint density at radius 3 is 2.68 bits per heavy atom. The number of carbonyl (C=O) groups is 1. The van der Waals surface area contributed by atoms with Crippen LogP contribution in [0, 0.1) is 0 Å². The summed E-state index contributed by atoms with van der Waals surface area (Å²) < 4.78 is 5.40. The van der Waals surface area contributed by atoms with Crippen molar-refractivity contribution in [2.24, 2.45) is 0 Å². The Hall–Kier alpha value is -1.59. The Balaban J connectivity index is 2.37. The Morgan fingerprint density at radius 2 is 2.08 bits per heavy atom. The number of methoxy groups -OCH3 is 1. The first-order chi connectivity index (χ1) is 12.1. The van der Waals surface area contributed by atoms with E-state index in [9.17, 15) is 4.79 Å². The van der Waals surface area contributed by atoms with E-state index in [2.05, 4.69) is 37.1 Å². The summed E-state index contributed by atoms with van der Waals surface area (Å²) >= 11 is 0. The quantitative estimate of drug-likeness (QED) is 0.785. The highest BCUT2D eigenvalue weighted by molar-refractivity contribution is 5.83. The lowest BCUT2D eigenvalue weighted by atomic mass is 10.00. The van der Waals surface area contributed by atoms with Crippen LogP contribution in [0.4, 0.5) is 0 Å². The van der Waals surface area contributed by atoms with E-state index in [-0.39, 0.29) is 11.9 Å². The lowest BCUT2D eigenvalue weighted by Gasteiger charge is -2.41. The smallest absolute Gasteiger partial charge is 0.244 e. The highest BCUT2D eigenvalue weighted by Gasteiger charge is 2.34. The molecule has 1 N–H and O–H groups in total. The Morgan fingerprint density at radius 1 is 1.36 bits per heavy atom. The SMILES string of the molecule is CCCN(CCC)C(=O)C(c1cccc(OC)c1)N1CCNCC1C. The van der Waals surface area contributed by atoms with Crippen molar-refractivity contribution >= 4 is 5.91 Å². The van der Waals surface area contributed by atoms with E-state index in [0.717, 1.165) is 56.9 Å². The number of nitrogens with zero attached hydrogens (tertiary/aromatic N) is 2. The van der Waals surface area contributed by atoms with Gasteiger partial charge in [-0.1, -0.05) is 26.0 Å². The van der Waals surface area contributed by atoms with Gasteiger partial charge in [0.2, 0.25) is 5.91 Å². The molecule has 1 aliphatic heterocycles. The fourth-order valence-corrected chi connectivity index (χ4v) is 3.57. The summed E-state index contributed by atoms with van der Waals surface area (Å²) in [5, 5.41) is 3.42. The highest BCUT2D eigenvalue weighted by atomic mass is 16.5. The first-order valence-corrected chi connectivity index (χ1v) is 9.51. The molecule has 0 saturated carbocycles. The van der Waals surface area contributed by atoms with Crippen LogP contribution in [-0.2, 0) is 4.79 Å². The van der Waals surface area contributed by atoms with Crippen molar-refractivity contribution in [3.8, 4) is 5.75 Å². The molecule has 1 amide bonds. The molecule has 1 saturated heterocycles. The predicted octanol–water partition coefficient (Wildman–Crippen LogP) is 2.68. The number of piperazine rings is 1. The molecule has 1 heterocycles. The van der Waals surface area contributed by atoms with Gasteiger partial charge in [-0.2, -0.15) is 0 Å². The van der Waals surface area contributed by atoms with E-state index in [1.54, 1.807) is 7.11 Å². The minimum Gasteiger partial charge on any atom is -0.497 e. The largest absolute Gasteiger partial charge is 0.497 e. The third-order valence-corrected chi connectivity index (χ3v) is 4.83. The van der Waals surface area contributed by atoms with Gasteiger partial charge in [-0.25, -0.2) is 0 Å². The van der Waals surface area contributed by atoms with Crippen LogP contribution in [0.3, 0.4) is 0 Å². The summed E-state index contributed by atoms with van der Waals surface area (Å²) in [6.07, 6.45) is 1.96. The van der Waals surface area contributed by atoms with E-state index in [0.29, 0.717) is 6.04 Å². The van der Waals surface area contributed by atoms with Crippen LogP contribution in [0.15, 0.2) is 24.3 Å². The number of ether oxygens (including phenoxy) is 1. The maximum Gasteiger partial charge on any atom is 0.244 e. The van der Waals surface area contributed by atoms with Gasteiger partial charge in [0.05, 0.1) is 7.11 Å². The monoisotopic (exact) mass is 347 g/mol. The third-order valence-electron chi connectivity index (χ3n) is 4.83. The Kier molecular flexibility index (Phi) is 7.72. The number of carbonyl (C=O) groups excluding carboxylic acids is 1. The average molecular weight is 348 g/mol. The van der Waals surface area contributed by atoms with Gasteiger partial charge in [0, 0.05) is 38.8 Å². The zero-order valence-corrected chi connectivity index (χ0v) is 16.1. The van der Waals surface area contributed by atoms with Gasteiger partial charge in [-0.15, -0.1) is 0 Å². The summed E-state index contributed by atoms with van der Waals surface area (Å²) in [7, 11) is 1.67. The summed E-state index contributed by atoms with van der Waals surface area (Å²) in [6, 6.07) is 8.04. The molecule has 2 rings (SSSR count). The van der Waals surface area contributed by atoms with Crippen LogP contribution in [-0.4, -0.2) is 61.6 Å². The van der Waals surface area contributed by atoms with Crippen molar-refractivity contribution in [2.75, 3.05) is 39.8 Å². The maximum atomic E-state index is 13.5. The number of nitrogens with one attached hydrogen (secondary N) is 1. The van der Waals surface area contributed by atoms with E-state index in [1.165, 1.54) is 0 Å². The molecule has 1 aromatic rings. The van der Waals surface area contributed by atoms with Crippen LogP contribution in [0.2, 0.25) is 0 Å². The second kappa shape index (κ2) is 9.78. The topological polar surface area (TPSA) is 44.8 Å². The van der Waals surface area contributed by atoms with Crippen molar-refractivity contribution in [1.29, 1.82) is 0 Å². The molecule has 0 aromatic heterocycles. The van der Waals surface area contributed by atoms with Gasteiger partial charge in [0.15, 0.2) is 0 Å². The van der Waals surface area contributed by atoms with Crippen molar-refractivity contribution in [1.82, 2.24) is 15.1 Å². The first-order valence-electron chi connectivity index (χ1n) is 9.51. The molecule has 1 fully saturated rings. The first kappa shape index (κ1) is 19.7. The summed E-state index contributed by atoms with van der Waals surface area (Å²) in [5.41, 5.74) is 1.02. The molecule has 5 heteroatoms. The van der Waals surface area contributed by atoms with Crippen molar-refractivity contribution in [3.63, 3.8) is 0 Å². The summed E-state index contributed by atoms with van der Waals surface area (Å²) in [6.45, 7) is 10.8. The molecule has 140 valence electrons. The van der Waals surface area contributed by atoms with Crippen molar-refractivity contribution in [2.45, 2.75) is 45.7 Å². The zero-order valence-electron chi connectivity index (χ0n) is 16.1. The molecule has 5 nitrogen and oxygen atoms in total. The second-order valence-corrected chi connectivity index (χ2v) is 6.80. The standard InChI is InChI=1S/C20H33N3O2/c1-5-11-22(12-6-2)20(24)19(23-13-10-21-15-16(23)3)17-8-7-9-18(14-17)25-4/h7-9,14,16,19,21H,5-6,10-13,15H2,1-4H3. The van der Waals surface area contributed by atoms with Crippen LogP contribution < -0.4 is 10.1 Å². The predicted molar refractivity (Wildman–Crippen MR) is 102 cm³/mol. The second-order valence-electron chi connectivity index (χ2n) is 6.80. The van der Waals surface area contributed by atoms with Crippen molar-refractivity contribution < 1.29 is 9.53 Å². The molecular formula is C20H33N3O2. The maximum absolute atomic E-state index is 13.5. The lowest BCUT2D eigenvalue weighted by molar-refractivity contribution is -0.138. The van der Waals surface area contributed by atoms with Crippen LogP contribution in [0.1, 0.15) is 45.2 Å². The van der Waals surface area contributed by atoms with Crippen LogP contribution >= 0.6 is 0 Å². The van der Waals surface area contributed by atoms with E-state index in [4.69, 9.17) is 4.74 Å². The normalized spacial score (nSPS) is 19.4. The number of hydrogen-bond acceptors (Lipinski definition) is 4. The highest BCUT2D eigenvalue weighted by Crippen LogP contribution is 2.29. The number of benzene rings is 1. The van der Waals surface area contributed by atoms with Gasteiger partial charge in [-0.3, -0.25) is 9.69 Å².